The molecule has 22 heavy (non-hydrogen) atoms. The van der Waals surface area contributed by atoms with Crippen molar-refractivity contribution >= 4 is 16.8 Å². The smallest absolute Gasteiger partial charge is 0.251 e. The van der Waals surface area contributed by atoms with Crippen molar-refractivity contribution in [1.29, 1.82) is 0 Å². The van der Waals surface area contributed by atoms with Crippen LogP contribution in [-0.2, 0) is 11.3 Å². The van der Waals surface area contributed by atoms with Gasteiger partial charge >= 0.3 is 0 Å². The number of aromatic nitrogens is 1. The molecular formula is C17H22N2O3. The van der Waals surface area contributed by atoms with Crippen LogP contribution < -0.4 is 15.6 Å². The van der Waals surface area contributed by atoms with Gasteiger partial charge < -0.3 is 10.1 Å². The summed E-state index contributed by atoms with van der Waals surface area (Å²) in [6, 6.07) is 7.24. The van der Waals surface area contributed by atoms with Crippen LogP contribution in [0.3, 0.4) is 0 Å². The molecule has 0 aliphatic rings. The Morgan fingerprint density at radius 1 is 1.41 bits per heavy atom. The van der Waals surface area contributed by atoms with Gasteiger partial charge in [0.25, 0.3) is 5.56 Å². The van der Waals surface area contributed by atoms with E-state index < -0.39 is 0 Å². The van der Waals surface area contributed by atoms with Crippen LogP contribution in [0.15, 0.2) is 29.1 Å². The summed E-state index contributed by atoms with van der Waals surface area (Å²) < 4.78 is 6.84. The maximum absolute atomic E-state index is 12.3. The SMILES string of the molecule is CCC(C)NC(=O)Cn1c(=O)cc(C)c2cccc(OC)c21. The summed E-state index contributed by atoms with van der Waals surface area (Å²) in [6.07, 6.45) is 0.846. The molecule has 1 aromatic carbocycles. The fourth-order valence-corrected chi connectivity index (χ4v) is 2.46. The third-order valence-electron chi connectivity index (χ3n) is 3.84. The third-order valence-corrected chi connectivity index (χ3v) is 3.84. The molecule has 1 atom stereocenters. The van der Waals surface area contributed by atoms with Gasteiger partial charge in [0.1, 0.15) is 12.3 Å². The molecule has 5 nitrogen and oxygen atoms in total. The van der Waals surface area contributed by atoms with Crippen LogP contribution in [0.1, 0.15) is 25.8 Å². The Morgan fingerprint density at radius 2 is 2.14 bits per heavy atom. The number of ether oxygens (including phenoxy) is 1. The molecule has 0 saturated heterocycles. The summed E-state index contributed by atoms with van der Waals surface area (Å²) in [6.45, 7) is 5.81. The minimum absolute atomic E-state index is 0.0136. The maximum atomic E-state index is 12.3. The number of amides is 1. The predicted molar refractivity (Wildman–Crippen MR) is 87.4 cm³/mol. The fraction of sp³-hybridized carbons (Fsp3) is 0.412. The van der Waals surface area contributed by atoms with Crippen molar-refractivity contribution in [3.8, 4) is 5.75 Å². The Morgan fingerprint density at radius 3 is 2.77 bits per heavy atom. The number of nitrogens with one attached hydrogen (secondary N) is 1. The Kier molecular flexibility index (Phi) is 4.85. The van der Waals surface area contributed by atoms with Crippen molar-refractivity contribution in [2.24, 2.45) is 0 Å². The summed E-state index contributed by atoms with van der Waals surface area (Å²) in [7, 11) is 1.56. The van der Waals surface area contributed by atoms with E-state index in [1.54, 1.807) is 19.2 Å². The van der Waals surface area contributed by atoms with Gasteiger partial charge in [-0.2, -0.15) is 0 Å². The van der Waals surface area contributed by atoms with E-state index in [1.807, 2.05) is 32.9 Å². The number of pyridine rings is 1. The second-order valence-electron chi connectivity index (χ2n) is 5.48. The number of hydrogen-bond donors (Lipinski definition) is 1. The first-order valence-corrected chi connectivity index (χ1v) is 7.44. The number of benzene rings is 1. The van der Waals surface area contributed by atoms with Crippen molar-refractivity contribution in [2.45, 2.75) is 39.8 Å². The molecule has 0 fully saturated rings. The highest BCUT2D eigenvalue weighted by Crippen LogP contribution is 2.26. The highest BCUT2D eigenvalue weighted by atomic mass is 16.5. The molecule has 1 aromatic heterocycles. The monoisotopic (exact) mass is 302 g/mol. The van der Waals surface area contributed by atoms with Crippen molar-refractivity contribution in [3.05, 3.63) is 40.2 Å². The minimum Gasteiger partial charge on any atom is -0.495 e. The zero-order chi connectivity index (χ0) is 16.3. The molecule has 2 rings (SSSR count). The molecule has 0 saturated carbocycles. The average Bonchev–Trinajstić information content (AvgIpc) is 2.50. The number of nitrogens with zero attached hydrogens (tertiary/aromatic N) is 1. The first-order valence-electron chi connectivity index (χ1n) is 7.44. The van der Waals surface area contributed by atoms with Crippen LogP contribution >= 0.6 is 0 Å². The lowest BCUT2D eigenvalue weighted by atomic mass is 10.1. The highest BCUT2D eigenvalue weighted by molar-refractivity contribution is 5.89. The van der Waals surface area contributed by atoms with Crippen LogP contribution in [0.4, 0.5) is 0 Å². The largest absolute Gasteiger partial charge is 0.495 e. The summed E-state index contributed by atoms with van der Waals surface area (Å²) in [5.41, 5.74) is 1.33. The quantitative estimate of drug-likeness (QED) is 0.921. The van der Waals surface area contributed by atoms with Crippen molar-refractivity contribution in [1.82, 2.24) is 9.88 Å². The lowest BCUT2D eigenvalue weighted by Crippen LogP contribution is -2.37. The molecule has 1 N–H and O–H groups in total. The number of carbonyl (C=O) groups excluding carboxylic acids is 1. The number of para-hydroxylation sites is 1. The second kappa shape index (κ2) is 6.64. The molecule has 1 unspecified atom stereocenters. The Hall–Kier alpha value is -2.30. The molecule has 0 spiro atoms. The van der Waals surface area contributed by atoms with Crippen molar-refractivity contribution < 1.29 is 9.53 Å². The zero-order valence-corrected chi connectivity index (χ0v) is 13.5. The van der Waals surface area contributed by atoms with Crippen LogP contribution in [0, 0.1) is 6.92 Å². The molecule has 0 aliphatic heterocycles. The first-order chi connectivity index (χ1) is 10.5. The number of methoxy groups -OCH3 is 1. The average molecular weight is 302 g/mol. The van der Waals surface area contributed by atoms with Gasteiger partial charge in [0.05, 0.1) is 12.6 Å². The summed E-state index contributed by atoms with van der Waals surface area (Å²) >= 11 is 0. The zero-order valence-electron chi connectivity index (χ0n) is 13.5. The lowest BCUT2D eigenvalue weighted by molar-refractivity contribution is -0.122. The van der Waals surface area contributed by atoms with Crippen molar-refractivity contribution in [2.75, 3.05) is 7.11 Å². The van der Waals surface area contributed by atoms with E-state index in [2.05, 4.69) is 5.32 Å². The molecular weight excluding hydrogens is 280 g/mol. The van der Waals surface area contributed by atoms with E-state index >= 15 is 0 Å². The second-order valence-corrected chi connectivity index (χ2v) is 5.48. The van der Waals surface area contributed by atoms with Crippen LogP contribution in [0.25, 0.3) is 10.9 Å². The molecule has 0 bridgehead atoms. The van der Waals surface area contributed by atoms with E-state index in [-0.39, 0.29) is 24.1 Å². The van der Waals surface area contributed by atoms with Crippen LogP contribution in [-0.4, -0.2) is 23.6 Å². The molecule has 0 aliphatic carbocycles. The first kappa shape index (κ1) is 16.1. The number of fused-ring (bicyclic) bond motifs is 1. The normalized spacial score (nSPS) is 12.2. The van der Waals surface area contributed by atoms with Gasteiger partial charge in [0, 0.05) is 17.5 Å². The standard InChI is InChI=1S/C17H22N2O3/c1-5-12(3)18-15(20)10-19-16(21)9-11(2)13-7-6-8-14(22-4)17(13)19/h6-9,12H,5,10H2,1-4H3,(H,18,20). The van der Waals surface area contributed by atoms with Gasteiger partial charge in [-0.1, -0.05) is 19.1 Å². The molecule has 118 valence electrons. The number of aryl methyl sites for hydroxylation is 1. The van der Waals surface area contributed by atoms with Gasteiger partial charge in [-0.05, 0) is 31.9 Å². The Balaban J connectivity index is 2.53. The minimum atomic E-state index is -0.200. The molecule has 1 heterocycles. The summed E-state index contributed by atoms with van der Waals surface area (Å²) in [4.78, 5) is 24.5. The predicted octanol–water partition coefficient (Wildman–Crippen LogP) is 2.23. The number of carbonyl (C=O) groups is 1. The molecule has 0 radical (unpaired) electrons. The fourth-order valence-electron chi connectivity index (χ4n) is 2.46. The van der Waals surface area contributed by atoms with E-state index in [1.165, 1.54) is 4.57 Å². The van der Waals surface area contributed by atoms with E-state index in [0.717, 1.165) is 17.4 Å². The molecule has 2 aromatic rings. The van der Waals surface area contributed by atoms with Gasteiger partial charge in [-0.15, -0.1) is 0 Å². The topological polar surface area (TPSA) is 60.3 Å². The van der Waals surface area contributed by atoms with Crippen LogP contribution in [0.5, 0.6) is 5.75 Å². The summed E-state index contributed by atoms with van der Waals surface area (Å²) in [5, 5.41) is 3.79. The van der Waals surface area contributed by atoms with Gasteiger partial charge in [0.2, 0.25) is 5.91 Å². The number of rotatable bonds is 5. The van der Waals surface area contributed by atoms with E-state index in [4.69, 9.17) is 4.74 Å². The third kappa shape index (κ3) is 3.13. The molecule has 5 heteroatoms. The Bertz CT molecular complexity index is 749. The van der Waals surface area contributed by atoms with Gasteiger partial charge in [0.15, 0.2) is 0 Å². The molecule has 1 amide bonds. The van der Waals surface area contributed by atoms with E-state index in [0.29, 0.717) is 11.3 Å². The van der Waals surface area contributed by atoms with Crippen molar-refractivity contribution in [3.63, 3.8) is 0 Å². The highest BCUT2D eigenvalue weighted by Gasteiger charge is 2.14. The Labute approximate surface area is 129 Å². The lowest BCUT2D eigenvalue weighted by Gasteiger charge is -2.16. The van der Waals surface area contributed by atoms with Gasteiger partial charge in [-0.25, -0.2) is 0 Å². The summed E-state index contributed by atoms with van der Waals surface area (Å²) in [5.74, 6) is 0.419. The maximum Gasteiger partial charge on any atom is 0.251 e. The van der Waals surface area contributed by atoms with E-state index in [9.17, 15) is 9.59 Å². The van der Waals surface area contributed by atoms with Gasteiger partial charge in [-0.3, -0.25) is 14.2 Å². The van der Waals surface area contributed by atoms with Crippen LogP contribution in [0.2, 0.25) is 0 Å². The number of hydrogen-bond acceptors (Lipinski definition) is 3.